The molecule has 0 unspecified atom stereocenters. The number of rotatable bonds is 2. The van der Waals surface area contributed by atoms with Crippen LogP contribution in [-0.4, -0.2) is 36.1 Å². The molecular weight excluding hydrogens is 353 g/mol. The van der Waals surface area contributed by atoms with Gasteiger partial charge in [-0.05, 0) is 61.4 Å². The molecule has 4 nitrogen and oxygen atoms in total. The van der Waals surface area contributed by atoms with E-state index < -0.39 is 5.54 Å². The number of carbonyl (C=O) groups is 1. The number of nitrogens with one attached hydrogen (secondary N) is 1. The summed E-state index contributed by atoms with van der Waals surface area (Å²) >= 11 is 0. The van der Waals surface area contributed by atoms with E-state index in [0.717, 1.165) is 62.0 Å². The summed E-state index contributed by atoms with van der Waals surface area (Å²) in [5.74, 6) is 0.0761. The molecule has 0 radical (unpaired) electrons. The molecule has 2 aromatic carbocycles. The fraction of sp³-hybridized carbons (Fsp3) is 0.435. The lowest BCUT2D eigenvalue weighted by molar-refractivity contribution is -0.125. The average Bonchev–Trinajstić information content (AvgIpc) is 3.05. The van der Waals surface area contributed by atoms with Crippen LogP contribution in [0.5, 0.6) is 0 Å². The Kier molecular flexibility index (Phi) is 4.35. The average molecular weight is 379 g/mol. The lowest BCUT2D eigenvalue weighted by Gasteiger charge is -2.46. The van der Waals surface area contributed by atoms with E-state index in [1.807, 2.05) is 24.3 Å². The summed E-state index contributed by atoms with van der Waals surface area (Å²) in [7, 11) is 0. The maximum absolute atomic E-state index is 14.3. The molecule has 3 aliphatic rings. The molecule has 28 heavy (non-hydrogen) atoms. The van der Waals surface area contributed by atoms with E-state index >= 15 is 0 Å². The topological polar surface area (TPSA) is 35.6 Å². The van der Waals surface area contributed by atoms with Crippen molar-refractivity contribution in [2.45, 2.75) is 43.7 Å². The molecule has 1 amide bonds. The summed E-state index contributed by atoms with van der Waals surface area (Å²) in [5.41, 5.74) is 2.68. The van der Waals surface area contributed by atoms with Gasteiger partial charge < -0.3 is 10.2 Å². The maximum Gasteiger partial charge on any atom is 0.247 e. The molecule has 1 N–H and O–H groups in total. The first kappa shape index (κ1) is 17.7. The van der Waals surface area contributed by atoms with Crippen LogP contribution in [0.25, 0.3) is 0 Å². The van der Waals surface area contributed by atoms with Gasteiger partial charge in [0.25, 0.3) is 0 Å². The molecule has 0 aromatic heterocycles. The maximum atomic E-state index is 14.3. The molecule has 1 spiro atoms. The highest BCUT2D eigenvalue weighted by Gasteiger charge is 2.51. The third-order valence-electron chi connectivity index (χ3n) is 6.89. The van der Waals surface area contributed by atoms with Crippen molar-refractivity contribution in [2.24, 2.45) is 0 Å². The van der Waals surface area contributed by atoms with Crippen molar-refractivity contribution in [3.63, 3.8) is 0 Å². The molecule has 5 rings (SSSR count). The molecule has 1 atom stereocenters. The van der Waals surface area contributed by atoms with Gasteiger partial charge in [-0.1, -0.05) is 30.3 Å². The number of likely N-dealkylation sites (tertiary alicyclic amines) is 1. The highest BCUT2D eigenvalue weighted by atomic mass is 19.1. The van der Waals surface area contributed by atoms with Gasteiger partial charge in [-0.2, -0.15) is 0 Å². The van der Waals surface area contributed by atoms with Gasteiger partial charge >= 0.3 is 0 Å². The summed E-state index contributed by atoms with van der Waals surface area (Å²) in [6.45, 7) is 2.29. The number of carbonyl (C=O) groups excluding carboxylic acids is 1. The zero-order valence-electron chi connectivity index (χ0n) is 16.0. The number of amides is 1. The number of para-hydroxylation sites is 1. The number of hydrogen-bond donors (Lipinski definition) is 1. The van der Waals surface area contributed by atoms with Crippen molar-refractivity contribution in [3.8, 4) is 0 Å². The molecule has 2 heterocycles. The second-order valence-corrected chi connectivity index (χ2v) is 8.21. The predicted molar refractivity (Wildman–Crippen MR) is 108 cm³/mol. The standard InChI is InChI=1S/C23H26FN3O/c24-20-10-4-9-19-18(20)8-5-11-21(19)26-14-12-23(13-15-26)22(28)25-16-27(23)17-6-2-1-3-7-17/h1-4,6-7,9-10,21H,5,8,11-16H2,(H,25,28)/t21-/m0/s1. The number of nitrogens with zero attached hydrogens (tertiary/aromatic N) is 2. The highest BCUT2D eigenvalue weighted by Crippen LogP contribution is 2.41. The van der Waals surface area contributed by atoms with E-state index in [9.17, 15) is 9.18 Å². The Morgan fingerprint density at radius 1 is 1.04 bits per heavy atom. The van der Waals surface area contributed by atoms with Crippen molar-refractivity contribution in [1.82, 2.24) is 10.2 Å². The minimum absolute atomic E-state index is 0.0684. The van der Waals surface area contributed by atoms with E-state index in [-0.39, 0.29) is 17.8 Å². The Morgan fingerprint density at radius 2 is 1.82 bits per heavy atom. The molecule has 0 bridgehead atoms. The fourth-order valence-electron chi connectivity index (χ4n) is 5.40. The van der Waals surface area contributed by atoms with Crippen LogP contribution in [0, 0.1) is 5.82 Å². The normalized spacial score (nSPS) is 24.2. The van der Waals surface area contributed by atoms with Crippen molar-refractivity contribution in [2.75, 3.05) is 24.7 Å². The molecular formula is C23H26FN3O. The second-order valence-electron chi connectivity index (χ2n) is 8.21. The Labute approximate surface area is 165 Å². The number of halogens is 1. The molecule has 1 aliphatic carbocycles. The van der Waals surface area contributed by atoms with Crippen molar-refractivity contribution >= 4 is 11.6 Å². The monoisotopic (exact) mass is 379 g/mol. The largest absolute Gasteiger partial charge is 0.339 e. The molecule has 0 saturated carbocycles. The van der Waals surface area contributed by atoms with Crippen molar-refractivity contribution in [1.29, 1.82) is 0 Å². The Bertz CT molecular complexity index is 877. The van der Waals surface area contributed by atoms with Gasteiger partial charge in [0.2, 0.25) is 5.91 Å². The van der Waals surface area contributed by atoms with Crippen LogP contribution in [0.2, 0.25) is 0 Å². The first-order chi connectivity index (χ1) is 13.7. The summed E-state index contributed by atoms with van der Waals surface area (Å²) in [6.07, 6.45) is 4.53. The van der Waals surface area contributed by atoms with Crippen LogP contribution in [0.4, 0.5) is 10.1 Å². The Morgan fingerprint density at radius 3 is 2.61 bits per heavy atom. The molecule has 2 fully saturated rings. The molecule has 2 saturated heterocycles. The van der Waals surface area contributed by atoms with Gasteiger partial charge in [0.1, 0.15) is 11.4 Å². The van der Waals surface area contributed by atoms with E-state index in [4.69, 9.17) is 0 Å². The van der Waals surface area contributed by atoms with Crippen molar-refractivity contribution in [3.05, 3.63) is 65.5 Å². The lowest BCUT2D eigenvalue weighted by Crippen LogP contribution is -2.57. The van der Waals surface area contributed by atoms with Crippen LogP contribution in [-0.2, 0) is 11.2 Å². The number of anilines is 1. The SMILES string of the molecule is O=C1NCN(c2ccccc2)C12CCN([C@H]1CCCc3c(F)cccc31)CC2. The Hall–Kier alpha value is -2.40. The minimum Gasteiger partial charge on any atom is -0.339 e. The van der Waals surface area contributed by atoms with E-state index in [0.29, 0.717) is 6.67 Å². The number of fused-ring (bicyclic) bond motifs is 1. The van der Waals surface area contributed by atoms with E-state index in [1.165, 1.54) is 0 Å². The van der Waals surface area contributed by atoms with Crippen LogP contribution >= 0.6 is 0 Å². The van der Waals surface area contributed by atoms with Crippen LogP contribution < -0.4 is 10.2 Å². The quantitative estimate of drug-likeness (QED) is 0.866. The Balaban J connectivity index is 1.38. The minimum atomic E-state index is -0.461. The summed E-state index contributed by atoms with van der Waals surface area (Å²) in [5, 5.41) is 3.07. The zero-order chi connectivity index (χ0) is 19.1. The second kappa shape index (κ2) is 6.89. The first-order valence-electron chi connectivity index (χ1n) is 10.3. The molecule has 146 valence electrons. The van der Waals surface area contributed by atoms with E-state index in [2.05, 4.69) is 33.3 Å². The first-order valence-corrected chi connectivity index (χ1v) is 10.3. The number of piperidine rings is 1. The third-order valence-corrected chi connectivity index (χ3v) is 6.89. The third kappa shape index (κ3) is 2.72. The predicted octanol–water partition coefficient (Wildman–Crippen LogP) is 3.63. The summed E-state index contributed by atoms with van der Waals surface area (Å²) in [6, 6.07) is 16.0. The van der Waals surface area contributed by atoms with Crippen LogP contribution in [0.3, 0.4) is 0 Å². The zero-order valence-corrected chi connectivity index (χ0v) is 16.0. The van der Waals surface area contributed by atoms with Crippen LogP contribution in [0.1, 0.15) is 42.9 Å². The molecule has 2 aromatic rings. The number of hydrogen-bond acceptors (Lipinski definition) is 3. The van der Waals surface area contributed by atoms with Gasteiger partial charge in [-0.15, -0.1) is 0 Å². The number of benzene rings is 2. The molecule has 5 heteroatoms. The van der Waals surface area contributed by atoms with Gasteiger partial charge in [0.05, 0.1) is 6.67 Å². The van der Waals surface area contributed by atoms with Gasteiger partial charge in [0.15, 0.2) is 0 Å². The lowest BCUT2D eigenvalue weighted by atomic mass is 9.81. The van der Waals surface area contributed by atoms with E-state index in [1.54, 1.807) is 6.07 Å². The molecule has 2 aliphatic heterocycles. The van der Waals surface area contributed by atoms with Crippen molar-refractivity contribution < 1.29 is 9.18 Å². The van der Waals surface area contributed by atoms with Crippen LogP contribution in [0.15, 0.2) is 48.5 Å². The van der Waals surface area contributed by atoms with Gasteiger partial charge in [-0.3, -0.25) is 9.69 Å². The smallest absolute Gasteiger partial charge is 0.247 e. The highest BCUT2D eigenvalue weighted by molar-refractivity contribution is 5.93. The fourth-order valence-corrected chi connectivity index (χ4v) is 5.40. The summed E-state index contributed by atoms with van der Waals surface area (Å²) in [4.78, 5) is 17.5. The summed E-state index contributed by atoms with van der Waals surface area (Å²) < 4.78 is 14.3. The van der Waals surface area contributed by atoms with Gasteiger partial charge in [-0.25, -0.2) is 4.39 Å². The van der Waals surface area contributed by atoms with Gasteiger partial charge in [0, 0.05) is 24.8 Å².